The first kappa shape index (κ1) is 29.0. The lowest BCUT2D eigenvalue weighted by Crippen LogP contribution is -2.01. The van der Waals surface area contributed by atoms with Gasteiger partial charge in [0.25, 0.3) is 0 Å². The molecule has 0 radical (unpaired) electrons. The van der Waals surface area contributed by atoms with Gasteiger partial charge in [0.15, 0.2) is 0 Å². The van der Waals surface area contributed by atoms with Crippen LogP contribution in [-0.4, -0.2) is 19.5 Å². The second-order valence-corrected chi connectivity index (χ2v) is 13.1. The highest BCUT2D eigenvalue weighted by Crippen LogP contribution is 2.48. The summed E-state index contributed by atoms with van der Waals surface area (Å²) in [5.74, 6) is 0. The maximum absolute atomic E-state index is 5.09. The quantitative estimate of drug-likeness (QED) is 0.181. The Kier molecular flexibility index (Phi) is 6.99. The van der Waals surface area contributed by atoms with Gasteiger partial charge in [0, 0.05) is 38.8 Å². The van der Waals surface area contributed by atoms with Gasteiger partial charge in [0.05, 0.1) is 44.4 Å². The fraction of sp³-hybridized carbons (Fsp3) is 0.0227. The highest BCUT2D eigenvalue weighted by molar-refractivity contribution is 7.27. The molecule has 9 rings (SSSR count). The predicted molar refractivity (Wildman–Crippen MR) is 208 cm³/mol. The van der Waals surface area contributed by atoms with E-state index in [1.807, 2.05) is 66.2 Å². The highest BCUT2D eigenvalue weighted by Gasteiger charge is 2.24. The molecule has 5 heteroatoms. The zero-order valence-electron chi connectivity index (χ0n) is 26.8. The molecule has 0 bridgehead atoms. The lowest BCUT2D eigenvalue weighted by molar-refractivity contribution is 1.09. The molecule has 5 heterocycles. The van der Waals surface area contributed by atoms with Crippen molar-refractivity contribution in [2.75, 3.05) is 0 Å². The van der Waals surface area contributed by atoms with Crippen LogP contribution in [0.1, 0.15) is 18.2 Å². The van der Waals surface area contributed by atoms with Crippen LogP contribution in [0.25, 0.3) is 93.6 Å². The fourth-order valence-corrected chi connectivity index (χ4v) is 8.33. The second-order valence-electron chi connectivity index (χ2n) is 12.0. The van der Waals surface area contributed by atoms with Crippen molar-refractivity contribution >= 4 is 65.3 Å². The number of fused-ring (bicyclic) bond motifs is 8. The third-order valence-corrected chi connectivity index (χ3v) is 10.4. The van der Waals surface area contributed by atoms with Crippen LogP contribution in [-0.2, 0) is 0 Å². The van der Waals surface area contributed by atoms with E-state index in [0.29, 0.717) is 0 Å². The van der Waals surface area contributed by atoms with E-state index in [-0.39, 0.29) is 0 Å². The molecule has 5 aromatic heterocycles. The van der Waals surface area contributed by atoms with E-state index in [0.717, 1.165) is 45.2 Å². The summed E-state index contributed by atoms with van der Waals surface area (Å²) in [5, 5.41) is 6.17. The molecule has 0 amide bonds. The maximum atomic E-state index is 5.09. The number of pyridine rings is 3. The molecule has 0 aliphatic rings. The lowest BCUT2D eigenvalue weighted by atomic mass is 9.96. The average molecular weight is 647 g/mol. The molecule has 4 aromatic carbocycles. The van der Waals surface area contributed by atoms with Gasteiger partial charge in [0.1, 0.15) is 0 Å². The zero-order chi connectivity index (χ0) is 32.9. The van der Waals surface area contributed by atoms with Crippen LogP contribution >= 0.6 is 11.3 Å². The minimum Gasteiger partial charge on any atom is -0.308 e. The molecular weight excluding hydrogens is 617 g/mol. The standard InChI is InChI=1S/C44H30N4S/c1-3-14-39-31(4-2)41-32-17-8-9-18-33(32)42-34-25-29(28-15-6-5-7-16-28)21-22-40(34)49-44(42)43(41)48(39)30-26-37(35-19-10-12-23-45-35)47-38(27-30)36-20-11-13-24-46-36/h3-27H,2H2,1H3/b14-3-. The number of hydrogen-bond acceptors (Lipinski definition) is 4. The van der Waals surface area contributed by atoms with Crippen LogP contribution in [0.3, 0.4) is 0 Å². The van der Waals surface area contributed by atoms with E-state index in [1.54, 1.807) is 0 Å². The minimum absolute atomic E-state index is 0.785. The molecule has 0 aliphatic carbocycles. The summed E-state index contributed by atoms with van der Waals surface area (Å²) in [5.41, 5.74) is 9.92. The Morgan fingerprint density at radius 3 is 1.92 bits per heavy atom. The van der Waals surface area contributed by atoms with Gasteiger partial charge < -0.3 is 4.57 Å². The van der Waals surface area contributed by atoms with E-state index in [9.17, 15) is 0 Å². The van der Waals surface area contributed by atoms with Crippen LogP contribution in [0.2, 0.25) is 0 Å². The molecule has 4 nitrogen and oxygen atoms in total. The second kappa shape index (κ2) is 11.8. The Bertz CT molecular complexity index is 2660. The summed E-state index contributed by atoms with van der Waals surface area (Å²) in [4.78, 5) is 14.5. The largest absolute Gasteiger partial charge is 0.308 e. The van der Waals surface area contributed by atoms with E-state index in [4.69, 9.17) is 15.0 Å². The summed E-state index contributed by atoms with van der Waals surface area (Å²) in [6.07, 6.45) is 9.93. The van der Waals surface area contributed by atoms with Crippen LogP contribution in [0.15, 0.2) is 146 Å². The Hall–Kier alpha value is -6.17. The lowest BCUT2D eigenvalue weighted by Gasteiger charge is -2.14. The number of nitrogens with zero attached hydrogens (tertiary/aromatic N) is 4. The minimum atomic E-state index is 0.785. The molecule has 0 fully saturated rings. The van der Waals surface area contributed by atoms with E-state index < -0.39 is 0 Å². The molecule has 49 heavy (non-hydrogen) atoms. The third-order valence-electron chi connectivity index (χ3n) is 9.17. The van der Waals surface area contributed by atoms with Crippen molar-refractivity contribution in [3.05, 3.63) is 158 Å². The van der Waals surface area contributed by atoms with Crippen molar-refractivity contribution in [2.24, 2.45) is 0 Å². The summed E-state index contributed by atoms with van der Waals surface area (Å²) < 4.78 is 4.89. The number of hydrogen-bond donors (Lipinski definition) is 0. The maximum Gasteiger partial charge on any atom is 0.0915 e. The summed E-state index contributed by atoms with van der Waals surface area (Å²) in [6.45, 7) is 6.43. The molecule has 9 aromatic rings. The average Bonchev–Trinajstić information content (AvgIpc) is 3.72. The Morgan fingerprint density at radius 1 is 0.633 bits per heavy atom. The molecule has 0 unspecified atom stereocenters. The van der Waals surface area contributed by atoms with Crippen molar-refractivity contribution in [1.82, 2.24) is 19.5 Å². The Balaban J connectivity index is 1.46. The fourth-order valence-electron chi connectivity index (χ4n) is 7.09. The van der Waals surface area contributed by atoms with Crippen molar-refractivity contribution in [2.45, 2.75) is 6.92 Å². The van der Waals surface area contributed by atoms with Gasteiger partial charge >= 0.3 is 0 Å². The molecule has 0 spiro atoms. The summed E-state index contributed by atoms with van der Waals surface area (Å²) in [7, 11) is 0. The first-order valence-corrected chi connectivity index (χ1v) is 17.2. The number of thiophene rings is 1. The molecule has 0 N–H and O–H groups in total. The van der Waals surface area contributed by atoms with Crippen molar-refractivity contribution in [3.63, 3.8) is 0 Å². The monoisotopic (exact) mass is 646 g/mol. The van der Waals surface area contributed by atoms with Gasteiger partial charge in [-0.1, -0.05) is 91.5 Å². The Morgan fingerprint density at radius 2 is 1.29 bits per heavy atom. The predicted octanol–water partition coefficient (Wildman–Crippen LogP) is 12.0. The van der Waals surface area contributed by atoms with Gasteiger partial charge in [0.2, 0.25) is 0 Å². The zero-order valence-corrected chi connectivity index (χ0v) is 27.7. The van der Waals surface area contributed by atoms with Crippen LogP contribution in [0, 0.1) is 0 Å². The molecule has 0 saturated carbocycles. The van der Waals surface area contributed by atoms with Crippen LogP contribution < -0.4 is 0 Å². The van der Waals surface area contributed by atoms with E-state index in [2.05, 4.69) is 115 Å². The van der Waals surface area contributed by atoms with Crippen LogP contribution in [0.4, 0.5) is 0 Å². The third kappa shape index (κ3) is 4.70. The first-order valence-electron chi connectivity index (χ1n) is 16.3. The summed E-state index contributed by atoms with van der Waals surface area (Å²) >= 11 is 1.85. The number of rotatable bonds is 6. The van der Waals surface area contributed by atoms with Crippen molar-refractivity contribution < 1.29 is 0 Å². The number of benzene rings is 4. The van der Waals surface area contributed by atoms with Gasteiger partial charge in [-0.2, -0.15) is 0 Å². The van der Waals surface area contributed by atoms with E-state index >= 15 is 0 Å². The SMILES string of the molecule is C=Cc1c(/C=C\C)n(-c2cc(-c3ccccn3)nc(-c3ccccn3)c2)c2c3sc4ccc(-c5ccccc5)cc4c3c3ccccc3c12. The van der Waals surface area contributed by atoms with Crippen molar-refractivity contribution in [1.29, 1.82) is 0 Å². The normalized spacial score (nSPS) is 11.8. The van der Waals surface area contributed by atoms with E-state index in [1.165, 1.54) is 47.5 Å². The van der Waals surface area contributed by atoms with Gasteiger partial charge in [-0.15, -0.1) is 11.3 Å². The summed E-state index contributed by atoms with van der Waals surface area (Å²) in [6, 6.07) is 42.5. The van der Waals surface area contributed by atoms with Gasteiger partial charge in [-0.25, -0.2) is 4.98 Å². The highest BCUT2D eigenvalue weighted by atomic mass is 32.1. The number of aromatic nitrogens is 4. The van der Waals surface area contributed by atoms with Crippen molar-refractivity contribution in [3.8, 4) is 39.6 Å². The smallest absolute Gasteiger partial charge is 0.0915 e. The molecular formula is C44H30N4S. The van der Waals surface area contributed by atoms with Gasteiger partial charge in [-0.3, -0.25) is 9.97 Å². The number of allylic oxidation sites excluding steroid dienone is 1. The molecule has 0 atom stereocenters. The van der Waals surface area contributed by atoms with Gasteiger partial charge in [-0.05, 0) is 83.4 Å². The molecule has 0 aliphatic heterocycles. The molecule has 0 saturated heterocycles. The Labute approximate surface area is 288 Å². The van der Waals surface area contributed by atoms with Crippen LogP contribution in [0.5, 0.6) is 0 Å². The molecule has 232 valence electrons. The first-order chi connectivity index (χ1) is 24.2. The topological polar surface area (TPSA) is 43.6 Å².